The van der Waals surface area contributed by atoms with Gasteiger partial charge >= 0.3 is 0 Å². The quantitative estimate of drug-likeness (QED) is 0.208. The molecule has 204 valence electrons. The van der Waals surface area contributed by atoms with E-state index in [1.807, 2.05) is 18.2 Å². The van der Waals surface area contributed by atoms with Crippen molar-refractivity contribution in [2.75, 3.05) is 7.05 Å². The molecule has 0 radical (unpaired) electrons. The maximum atomic E-state index is 7.08. The van der Waals surface area contributed by atoms with Crippen LogP contribution in [0.2, 0.25) is 10.0 Å². The van der Waals surface area contributed by atoms with Crippen molar-refractivity contribution in [2.24, 2.45) is 7.05 Å². The molecule has 2 nitrogen and oxygen atoms in total. The first kappa shape index (κ1) is 26.6. The highest BCUT2D eigenvalue weighted by molar-refractivity contribution is 6.35. The number of rotatable bonds is 3. The van der Waals surface area contributed by atoms with Gasteiger partial charge in [-0.3, -0.25) is 0 Å². The van der Waals surface area contributed by atoms with Crippen LogP contribution in [-0.4, -0.2) is 21.9 Å². The number of hydrogen-bond donors (Lipinski definition) is 0. The molecule has 4 aromatic rings. The Morgan fingerprint density at radius 3 is 2.73 bits per heavy atom. The summed E-state index contributed by atoms with van der Waals surface area (Å²) < 4.78 is 4.55. The lowest BCUT2D eigenvalue weighted by Gasteiger charge is -2.21. The van der Waals surface area contributed by atoms with E-state index in [0.717, 1.165) is 69.1 Å². The Kier molecular flexibility index (Phi) is 6.82. The molecule has 5 heteroatoms. The molecule has 0 bridgehead atoms. The number of benzene rings is 3. The lowest BCUT2D eigenvalue weighted by molar-refractivity contribution is -0.513. The van der Waals surface area contributed by atoms with Crippen LogP contribution in [-0.2, 0) is 13.6 Å². The largest absolute Gasteiger partial charge is 0.344 e. The maximum absolute atomic E-state index is 7.08. The van der Waals surface area contributed by atoms with Crippen molar-refractivity contribution in [3.63, 3.8) is 0 Å². The lowest BCUT2D eigenvalue weighted by atomic mass is 9.88. The molecule has 0 unspecified atom stereocenters. The van der Waals surface area contributed by atoms with Crippen LogP contribution in [0.25, 0.3) is 39.4 Å². The molecule has 2 heterocycles. The van der Waals surface area contributed by atoms with E-state index >= 15 is 0 Å². The summed E-state index contributed by atoms with van der Waals surface area (Å²) >= 11 is 20.1. The normalized spacial score (nSPS) is 18.8. The van der Waals surface area contributed by atoms with Crippen LogP contribution >= 0.6 is 34.8 Å². The Morgan fingerprint density at radius 1 is 0.976 bits per heavy atom. The van der Waals surface area contributed by atoms with Gasteiger partial charge in [0.1, 0.15) is 7.05 Å². The lowest BCUT2D eigenvalue weighted by Crippen LogP contribution is -2.24. The molecule has 1 aromatic heterocycles. The van der Waals surface area contributed by atoms with Gasteiger partial charge in [-0.15, -0.1) is 0 Å². The highest BCUT2D eigenvalue weighted by atomic mass is 35.5. The molecule has 0 saturated heterocycles. The van der Waals surface area contributed by atoms with Gasteiger partial charge in [-0.2, -0.15) is 0 Å². The third-order valence-electron chi connectivity index (χ3n) is 8.65. The number of hydrogen-bond acceptors (Lipinski definition) is 0. The summed E-state index contributed by atoms with van der Waals surface area (Å²) in [6, 6.07) is 14.7. The van der Waals surface area contributed by atoms with Crippen molar-refractivity contribution in [3.05, 3.63) is 121 Å². The van der Waals surface area contributed by atoms with Gasteiger partial charge in [0.15, 0.2) is 6.54 Å². The molecule has 0 fully saturated rings. The predicted molar refractivity (Wildman–Crippen MR) is 177 cm³/mol. The van der Waals surface area contributed by atoms with Gasteiger partial charge in [0, 0.05) is 61.0 Å². The third-order valence-corrected chi connectivity index (χ3v) is 9.68. The molecular weight excluding hydrogens is 567 g/mol. The molecule has 41 heavy (non-hydrogen) atoms. The summed E-state index contributed by atoms with van der Waals surface area (Å²) in [5.41, 5.74) is 9.66. The van der Waals surface area contributed by atoms with Crippen LogP contribution in [0.1, 0.15) is 42.4 Å². The summed E-state index contributed by atoms with van der Waals surface area (Å²) in [5.74, 6) is 0. The van der Waals surface area contributed by atoms with E-state index in [4.69, 9.17) is 34.8 Å². The third kappa shape index (κ3) is 4.54. The minimum Gasteiger partial charge on any atom is -0.344 e. The standard InChI is InChI=1S/C36H30Cl3N2/c1-40-21-25-13-16-30(38)27-10-3-4-11-28(34(25)27)31(40)17-14-22-7-5-8-23(36(22)39)15-18-32-29-12-6-9-24-19-26(37)20-33(35(24)29)41(32)2/h3,6,9-20H,4-5,7-8,21H2,1-2H3/q+1. The minimum atomic E-state index is 0.756. The topological polar surface area (TPSA) is 7.94 Å². The van der Waals surface area contributed by atoms with E-state index in [1.165, 1.54) is 44.3 Å². The molecule has 1 aliphatic heterocycles. The smallest absolute Gasteiger partial charge is 0.207 e. The van der Waals surface area contributed by atoms with Gasteiger partial charge in [-0.1, -0.05) is 89.4 Å². The number of nitrogens with zero attached hydrogens (tertiary/aromatic N) is 2. The fraction of sp³-hybridized carbons (Fsp3) is 0.194. The van der Waals surface area contributed by atoms with Gasteiger partial charge in [0.05, 0.1) is 11.1 Å². The zero-order chi connectivity index (χ0) is 28.2. The van der Waals surface area contributed by atoms with Crippen molar-refractivity contribution in [1.29, 1.82) is 0 Å². The summed E-state index contributed by atoms with van der Waals surface area (Å²) in [6.07, 6.45) is 19.5. The van der Waals surface area contributed by atoms with Crippen LogP contribution in [0, 0.1) is 0 Å². The SMILES string of the molecule is Cn1/c(=C/C=C2\CCCC(/C=C/C3=[N+](C)Cc4ccc(Cl)c5c4C3=CCC=C5)=C2Cl)c2cccc3cc(Cl)cc1c32. The highest BCUT2D eigenvalue weighted by Crippen LogP contribution is 2.38. The van der Waals surface area contributed by atoms with Crippen molar-refractivity contribution in [3.8, 4) is 0 Å². The van der Waals surface area contributed by atoms with Crippen molar-refractivity contribution >= 4 is 79.9 Å². The van der Waals surface area contributed by atoms with E-state index in [9.17, 15) is 0 Å². The Hall–Kier alpha value is -3.30. The van der Waals surface area contributed by atoms with Crippen LogP contribution in [0.3, 0.4) is 0 Å². The molecule has 2 aliphatic carbocycles. The maximum Gasteiger partial charge on any atom is 0.207 e. The summed E-state index contributed by atoms with van der Waals surface area (Å²) in [5, 5.41) is 7.23. The summed E-state index contributed by atoms with van der Waals surface area (Å²) in [6.45, 7) is 0.851. The summed E-state index contributed by atoms with van der Waals surface area (Å²) in [7, 11) is 4.27. The molecule has 7 rings (SSSR count). The zero-order valence-corrected chi connectivity index (χ0v) is 25.4. The molecule has 0 N–H and O–H groups in total. The van der Waals surface area contributed by atoms with E-state index in [0.29, 0.717) is 0 Å². The fourth-order valence-corrected chi connectivity index (χ4v) is 7.40. The monoisotopic (exact) mass is 595 g/mol. The minimum absolute atomic E-state index is 0.756. The fourth-order valence-electron chi connectivity index (χ4n) is 6.65. The van der Waals surface area contributed by atoms with Gasteiger partial charge in [0.25, 0.3) is 0 Å². The van der Waals surface area contributed by atoms with Crippen LogP contribution in [0.5, 0.6) is 0 Å². The molecule has 3 aliphatic rings. The predicted octanol–water partition coefficient (Wildman–Crippen LogP) is 9.39. The van der Waals surface area contributed by atoms with Crippen LogP contribution < -0.4 is 5.35 Å². The van der Waals surface area contributed by atoms with E-state index < -0.39 is 0 Å². The van der Waals surface area contributed by atoms with E-state index in [1.54, 1.807) is 0 Å². The Balaban J connectivity index is 1.27. The van der Waals surface area contributed by atoms with Gasteiger partial charge < -0.3 is 4.57 Å². The first-order chi connectivity index (χ1) is 19.9. The first-order valence-corrected chi connectivity index (χ1v) is 15.3. The van der Waals surface area contributed by atoms with Crippen LogP contribution in [0.4, 0.5) is 0 Å². The van der Waals surface area contributed by atoms with Gasteiger partial charge in [0.2, 0.25) is 5.71 Å². The number of aryl methyl sites for hydroxylation is 1. The van der Waals surface area contributed by atoms with Crippen molar-refractivity contribution < 1.29 is 4.58 Å². The molecular formula is C36H30Cl3N2+. The average Bonchev–Trinajstić information content (AvgIpc) is 3.09. The van der Waals surface area contributed by atoms with Gasteiger partial charge in [-0.25, -0.2) is 4.58 Å². The van der Waals surface area contributed by atoms with Crippen LogP contribution in [0.15, 0.2) is 89.0 Å². The molecule has 0 spiro atoms. The Bertz CT molecular complexity index is 2010. The molecule has 0 atom stereocenters. The number of allylic oxidation sites excluding steroid dienone is 9. The number of halogens is 3. The Labute approximate surface area is 255 Å². The average molecular weight is 597 g/mol. The second-order valence-electron chi connectivity index (χ2n) is 11.1. The molecule has 0 amide bonds. The van der Waals surface area contributed by atoms with Gasteiger partial charge in [-0.05, 0) is 66.5 Å². The summed E-state index contributed by atoms with van der Waals surface area (Å²) in [4.78, 5) is 0. The highest BCUT2D eigenvalue weighted by Gasteiger charge is 2.29. The zero-order valence-electron chi connectivity index (χ0n) is 23.1. The second kappa shape index (κ2) is 10.5. The molecule has 3 aromatic carbocycles. The van der Waals surface area contributed by atoms with E-state index in [-0.39, 0.29) is 0 Å². The Morgan fingerprint density at radius 2 is 1.85 bits per heavy atom. The second-order valence-corrected chi connectivity index (χ2v) is 12.4. The number of aromatic nitrogens is 1. The molecule has 0 saturated carbocycles. The van der Waals surface area contributed by atoms with Crippen molar-refractivity contribution in [2.45, 2.75) is 32.2 Å². The first-order valence-electron chi connectivity index (χ1n) is 14.1. The van der Waals surface area contributed by atoms with Crippen molar-refractivity contribution in [1.82, 2.24) is 4.57 Å². The van der Waals surface area contributed by atoms with E-state index in [2.05, 4.69) is 90.0 Å².